The van der Waals surface area contributed by atoms with E-state index in [0.717, 1.165) is 0 Å². The van der Waals surface area contributed by atoms with E-state index in [1.165, 1.54) is 6.07 Å². The molecule has 72 valence electrons. The number of halogens is 3. The van der Waals surface area contributed by atoms with Crippen LogP contribution in [-0.2, 0) is 5.41 Å². The van der Waals surface area contributed by atoms with Gasteiger partial charge in [-0.3, -0.25) is 0 Å². The predicted octanol–water partition coefficient (Wildman–Crippen LogP) is 4.15. The van der Waals surface area contributed by atoms with E-state index in [2.05, 4.69) is 15.9 Å². The van der Waals surface area contributed by atoms with Gasteiger partial charge >= 0.3 is 0 Å². The molecule has 13 heavy (non-hydrogen) atoms. The van der Waals surface area contributed by atoms with Crippen molar-refractivity contribution in [1.29, 1.82) is 0 Å². The predicted molar refractivity (Wildman–Crippen MR) is 58.2 cm³/mol. The van der Waals surface area contributed by atoms with Crippen LogP contribution in [-0.4, -0.2) is 5.33 Å². The molecule has 0 fully saturated rings. The highest BCUT2D eigenvalue weighted by Gasteiger charge is 2.25. The number of alkyl halides is 1. The van der Waals surface area contributed by atoms with Crippen molar-refractivity contribution in [3.05, 3.63) is 34.6 Å². The van der Waals surface area contributed by atoms with Gasteiger partial charge in [0.25, 0.3) is 0 Å². The van der Waals surface area contributed by atoms with Gasteiger partial charge < -0.3 is 0 Å². The molecule has 0 aliphatic heterocycles. The van der Waals surface area contributed by atoms with E-state index in [4.69, 9.17) is 11.6 Å². The highest BCUT2D eigenvalue weighted by Crippen LogP contribution is 2.33. The molecule has 0 aliphatic rings. The summed E-state index contributed by atoms with van der Waals surface area (Å²) in [5, 5.41) is 1.17. The lowest BCUT2D eigenvalue weighted by Gasteiger charge is -2.23. The molecule has 1 rings (SSSR count). The van der Waals surface area contributed by atoms with Crippen LogP contribution in [0.5, 0.6) is 0 Å². The van der Waals surface area contributed by atoms with Crippen molar-refractivity contribution >= 4 is 27.5 Å². The van der Waals surface area contributed by atoms with Gasteiger partial charge in [-0.05, 0) is 12.1 Å². The highest BCUT2D eigenvalue weighted by molar-refractivity contribution is 9.09. The topological polar surface area (TPSA) is 0 Å². The monoisotopic (exact) mass is 264 g/mol. The van der Waals surface area contributed by atoms with Crippen LogP contribution in [0.15, 0.2) is 18.2 Å². The van der Waals surface area contributed by atoms with Crippen molar-refractivity contribution in [1.82, 2.24) is 0 Å². The van der Waals surface area contributed by atoms with E-state index in [-0.39, 0.29) is 11.2 Å². The van der Waals surface area contributed by atoms with Crippen LogP contribution < -0.4 is 0 Å². The van der Waals surface area contributed by atoms with Crippen LogP contribution in [0, 0.1) is 5.82 Å². The summed E-state index contributed by atoms with van der Waals surface area (Å²) in [5.74, 6) is -0.239. The normalized spacial score (nSPS) is 11.8. The minimum absolute atomic E-state index is 0.239. The molecule has 0 aliphatic carbocycles. The molecule has 0 radical (unpaired) electrons. The third-order valence-corrected chi connectivity index (χ3v) is 3.69. The second kappa shape index (κ2) is 3.97. The Hall–Kier alpha value is -0.0800. The van der Waals surface area contributed by atoms with E-state index in [1.54, 1.807) is 12.1 Å². The molecular formula is C10H11BrClF. The van der Waals surface area contributed by atoms with E-state index in [0.29, 0.717) is 15.9 Å². The van der Waals surface area contributed by atoms with Crippen molar-refractivity contribution in [3.63, 3.8) is 0 Å². The van der Waals surface area contributed by atoms with Crippen molar-refractivity contribution < 1.29 is 4.39 Å². The fraction of sp³-hybridized carbons (Fsp3) is 0.400. The maximum absolute atomic E-state index is 13.4. The van der Waals surface area contributed by atoms with E-state index >= 15 is 0 Å². The third-order valence-electron chi connectivity index (χ3n) is 1.97. The molecule has 0 unspecified atom stereocenters. The van der Waals surface area contributed by atoms with Crippen LogP contribution in [0.2, 0.25) is 5.02 Å². The summed E-state index contributed by atoms with van der Waals surface area (Å²) in [5.41, 5.74) is 0.302. The molecule has 1 aromatic rings. The largest absolute Gasteiger partial charge is 0.207 e. The zero-order chi connectivity index (χ0) is 10.1. The Bertz CT molecular complexity index is 290. The Morgan fingerprint density at radius 3 is 2.54 bits per heavy atom. The number of hydrogen-bond acceptors (Lipinski definition) is 0. The number of rotatable bonds is 2. The fourth-order valence-electron chi connectivity index (χ4n) is 1.21. The summed E-state index contributed by atoms with van der Waals surface area (Å²) in [6.45, 7) is 3.90. The van der Waals surface area contributed by atoms with E-state index in [1.807, 2.05) is 13.8 Å². The van der Waals surface area contributed by atoms with Crippen molar-refractivity contribution in [2.75, 3.05) is 5.33 Å². The summed E-state index contributed by atoms with van der Waals surface area (Å²) in [6.07, 6.45) is 0. The number of hydrogen-bond donors (Lipinski definition) is 0. The van der Waals surface area contributed by atoms with Gasteiger partial charge in [-0.15, -0.1) is 0 Å². The second-order valence-corrected chi connectivity index (χ2v) is 4.58. The standard InChI is InChI=1S/C10H11BrClF/c1-10(2,6-11)9-7(12)4-3-5-8(9)13/h3-5H,6H2,1-2H3. The third kappa shape index (κ3) is 2.23. The molecule has 0 spiro atoms. The Labute approximate surface area is 91.2 Å². The average molecular weight is 266 g/mol. The second-order valence-electron chi connectivity index (χ2n) is 3.61. The molecule has 0 saturated heterocycles. The maximum Gasteiger partial charge on any atom is 0.128 e. The average Bonchev–Trinajstić information content (AvgIpc) is 2.03. The quantitative estimate of drug-likeness (QED) is 0.705. The highest BCUT2D eigenvalue weighted by atomic mass is 79.9. The lowest BCUT2D eigenvalue weighted by atomic mass is 9.86. The summed E-state index contributed by atoms with van der Waals surface area (Å²) in [6, 6.07) is 4.77. The van der Waals surface area contributed by atoms with E-state index in [9.17, 15) is 4.39 Å². The molecule has 0 amide bonds. The van der Waals surface area contributed by atoms with Gasteiger partial charge in [0.05, 0.1) is 0 Å². The first-order valence-corrected chi connectivity index (χ1v) is 5.49. The minimum atomic E-state index is -0.275. The molecule has 0 saturated carbocycles. The maximum atomic E-state index is 13.4. The van der Waals surface area contributed by atoms with Gasteiger partial charge in [-0.1, -0.05) is 47.4 Å². The van der Waals surface area contributed by atoms with Crippen LogP contribution in [0.4, 0.5) is 4.39 Å². The van der Waals surface area contributed by atoms with Gasteiger partial charge in [0.2, 0.25) is 0 Å². The smallest absolute Gasteiger partial charge is 0.128 e. The summed E-state index contributed by atoms with van der Waals surface area (Å²) >= 11 is 9.28. The van der Waals surface area contributed by atoms with Gasteiger partial charge in [-0.25, -0.2) is 4.39 Å². The Kier molecular flexibility index (Phi) is 3.36. The van der Waals surface area contributed by atoms with Gasteiger partial charge in [0.1, 0.15) is 5.82 Å². The zero-order valence-electron chi connectivity index (χ0n) is 7.57. The van der Waals surface area contributed by atoms with Crippen LogP contribution in [0.3, 0.4) is 0 Å². The summed E-state index contributed by atoms with van der Waals surface area (Å²) in [4.78, 5) is 0. The van der Waals surface area contributed by atoms with Gasteiger partial charge in [0.15, 0.2) is 0 Å². The SMILES string of the molecule is CC(C)(CBr)c1c(F)cccc1Cl. The molecule has 0 aromatic heterocycles. The van der Waals surface area contributed by atoms with Crippen LogP contribution >= 0.6 is 27.5 Å². The molecule has 0 nitrogen and oxygen atoms in total. The first kappa shape index (κ1) is 11.0. The van der Waals surface area contributed by atoms with E-state index < -0.39 is 0 Å². The summed E-state index contributed by atoms with van der Waals surface area (Å²) < 4.78 is 13.4. The zero-order valence-corrected chi connectivity index (χ0v) is 9.91. The summed E-state index contributed by atoms with van der Waals surface area (Å²) in [7, 11) is 0. The lowest BCUT2D eigenvalue weighted by molar-refractivity contribution is 0.532. The van der Waals surface area contributed by atoms with Crippen molar-refractivity contribution in [3.8, 4) is 0 Å². The molecule has 0 bridgehead atoms. The van der Waals surface area contributed by atoms with Crippen molar-refractivity contribution in [2.24, 2.45) is 0 Å². The van der Waals surface area contributed by atoms with Crippen LogP contribution in [0.25, 0.3) is 0 Å². The molecular weight excluding hydrogens is 254 g/mol. The number of benzene rings is 1. The van der Waals surface area contributed by atoms with Crippen LogP contribution in [0.1, 0.15) is 19.4 Å². The Morgan fingerprint density at radius 2 is 2.08 bits per heavy atom. The molecule has 1 aromatic carbocycles. The minimum Gasteiger partial charge on any atom is -0.207 e. The first-order chi connectivity index (χ1) is 5.99. The Morgan fingerprint density at radius 1 is 1.46 bits per heavy atom. The van der Waals surface area contributed by atoms with Gasteiger partial charge in [0, 0.05) is 21.3 Å². The van der Waals surface area contributed by atoms with Crippen molar-refractivity contribution in [2.45, 2.75) is 19.3 Å². The lowest BCUT2D eigenvalue weighted by Crippen LogP contribution is -2.21. The molecule has 0 N–H and O–H groups in total. The molecule has 0 atom stereocenters. The fourth-order valence-corrected chi connectivity index (χ4v) is 1.91. The first-order valence-electron chi connectivity index (χ1n) is 3.99. The Balaban J connectivity index is 3.28. The van der Waals surface area contributed by atoms with Gasteiger partial charge in [-0.2, -0.15) is 0 Å². The molecule has 3 heteroatoms. The molecule has 0 heterocycles.